The highest BCUT2D eigenvalue weighted by Crippen LogP contribution is 2.39. The number of rotatable bonds is 11. The Morgan fingerprint density at radius 2 is 1.82 bits per heavy atom. The molecule has 9 nitrogen and oxygen atoms in total. The Hall–Kier alpha value is -4.51. The maximum atomic E-state index is 15.1. The molecule has 1 aliphatic carbocycles. The van der Waals surface area contributed by atoms with Gasteiger partial charge >= 0.3 is 0 Å². The number of methoxy groups -OCH3 is 1. The first-order valence-corrected chi connectivity index (χ1v) is 12.7. The van der Waals surface area contributed by atoms with Crippen molar-refractivity contribution >= 4 is 22.5 Å². The number of halogens is 2. The number of aromatic nitrogens is 2. The average Bonchev–Trinajstić information content (AvgIpc) is 3.74. The lowest BCUT2D eigenvalue weighted by atomic mass is 10.1. The number of fused-ring (bicyclic) bond motifs is 1. The van der Waals surface area contributed by atoms with E-state index in [0.717, 1.165) is 25.0 Å². The summed E-state index contributed by atoms with van der Waals surface area (Å²) in [6.07, 6.45) is 6.03. The maximum Gasteiger partial charge on any atom is 0.261 e. The number of anilines is 1. The summed E-state index contributed by atoms with van der Waals surface area (Å²) in [5.74, 6) is -2.07. The van der Waals surface area contributed by atoms with E-state index < -0.39 is 29.4 Å². The fourth-order valence-electron chi connectivity index (χ4n) is 3.89. The Bertz CT molecular complexity index is 1520. The van der Waals surface area contributed by atoms with Crippen LogP contribution < -0.4 is 24.3 Å². The van der Waals surface area contributed by atoms with Crippen LogP contribution in [0.15, 0.2) is 55.0 Å². The molecule has 2 aromatic carbocycles. The Labute approximate surface area is 228 Å². The van der Waals surface area contributed by atoms with Gasteiger partial charge in [0.05, 0.1) is 37.0 Å². The van der Waals surface area contributed by atoms with E-state index in [2.05, 4.69) is 15.3 Å². The van der Waals surface area contributed by atoms with E-state index >= 15 is 8.78 Å². The Balaban J connectivity index is 1.37. The van der Waals surface area contributed by atoms with Crippen LogP contribution in [-0.4, -0.2) is 46.9 Å². The molecule has 2 heterocycles. The van der Waals surface area contributed by atoms with Gasteiger partial charge in [-0.25, -0.2) is 8.78 Å². The lowest BCUT2D eigenvalue weighted by Crippen LogP contribution is -2.15. The zero-order valence-electron chi connectivity index (χ0n) is 21.8. The molecule has 4 aromatic rings. The second kappa shape index (κ2) is 11.7. The summed E-state index contributed by atoms with van der Waals surface area (Å²) >= 11 is 0. The van der Waals surface area contributed by atoms with Crippen LogP contribution in [0.25, 0.3) is 10.9 Å². The van der Waals surface area contributed by atoms with E-state index in [1.807, 2.05) is 0 Å². The molecule has 5 rings (SSSR count). The minimum absolute atomic E-state index is 0.0544. The van der Waals surface area contributed by atoms with Crippen LogP contribution in [0.3, 0.4) is 0 Å². The highest BCUT2D eigenvalue weighted by molar-refractivity contribution is 6.06. The summed E-state index contributed by atoms with van der Waals surface area (Å²) in [5, 5.41) is 12.4. The number of nitrogens with one attached hydrogen (secondary N) is 1. The first-order chi connectivity index (χ1) is 19.3. The number of aliphatic hydroxyl groups excluding tert-OH is 1. The third-order valence-corrected chi connectivity index (χ3v) is 6.09. The van der Waals surface area contributed by atoms with Crippen LogP contribution in [0.1, 0.15) is 36.5 Å². The van der Waals surface area contributed by atoms with E-state index in [-0.39, 0.29) is 29.7 Å². The first-order valence-electron chi connectivity index (χ1n) is 12.7. The van der Waals surface area contributed by atoms with E-state index in [0.29, 0.717) is 34.6 Å². The molecule has 1 aliphatic rings. The van der Waals surface area contributed by atoms with Gasteiger partial charge in [-0.3, -0.25) is 14.8 Å². The smallest absolute Gasteiger partial charge is 0.261 e. The van der Waals surface area contributed by atoms with Crippen molar-refractivity contribution in [3.8, 4) is 28.7 Å². The molecule has 0 aliphatic heterocycles. The van der Waals surface area contributed by atoms with Crippen LogP contribution >= 0.6 is 0 Å². The molecule has 1 amide bonds. The van der Waals surface area contributed by atoms with Crippen LogP contribution in [-0.2, 0) is 0 Å². The second-order valence-corrected chi connectivity index (χ2v) is 9.33. The van der Waals surface area contributed by atoms with Gasteiger partial charge in [0.1, 0.15) is 11.5 Å². The normalized spacial score (nSPS) is 13.5. The largest absolute Gasteiger partial charge is 0.493 e. The molecule has 2 N–H and O–H groups in total. The third-order valence-electron chi connectivity index (χ3n) is 6.09. The number of hydrogen-bond acceptors (Lipinski definition) is 8. The predicted octanol–water partition coefficient (Wildman–Crippen LogP) is 5.65. The second-order valence-electron chi connectivity index (χ2n) is 9.33. The van der Waals surface area contributed by atoms with E-state index in [1.165, 1.54) is 31.8 Å². The Kier molecular flexibility index (Phi) is 7.92. The minimum Gasteiger partial charge on any atom is -0.493 e. The number of benzene rings is 2. The number of aliphatic hydroxyl groups is 1. The van der Waals surface area contributed by atoms with Crippen molar-refractivity contribution < 1.29 is 37.6 Å². The molecule has 11 heteroatoms. The Morgan fingerprint density at radius 1 is 1.07 bits per heavy atom. The van der Waals surface area contributed by atoms with Gasteiger partial charge in [0.25, 0.3) is 5.91 Å². The van der Waals surface area contributed by atoms with Crippen molar-refractivity contribution in [2.45, 2.75) is 38.4 Å². The summed E-state index contributed by atoms with van der Waals surface area (Å²) in [6, 6.07) is 8.18. The number of carbonyl (C=O) groups is 1. The molecule has 0 bridgehead atoms. The van der Waals surface area contributed by atoms with E-state index in [4.69, 9.17) is 18.9 Å². The SMILES string of the molecule is COc1cc2c(Oc3c(F)cc(NC(=O)c4cnccc4OC4CC4)cc3F)ccnc2cc1OCCC(C)O. The molecule has 2 aromatic heterocycles. The molecular formula is C29H27F2N3O6. The van der Waals surface area contributed by atoms with Gasteiger partial charge in [-0.15, -0.1) is 0 Å². The molecule has 1 unspecified atom stereocenters. The summed E-state index contributed by atoms with van der Waals surface area (Å²) < 4.78 is 52.7. The fourth-order valence-corrected chi connectivity index (χ4v) is 3.89. The summed E-state index contributed by atoms with van der Waals surface area (Å²) in [4.78, 5) is 21.1. The van der Waals surface area contributed by atoms with Crippen molar-refractivity contribution in [3.63, 3.8) is 0 Å². The number of ether oxygens (including phenoxy) is 4. The van der Waals surface area contributed by atoms with Gasteiger partial charge in [-0.05, 0) is 38.0 Å². The van der Waals surface area contributed by atoms with E-state index in [9.17, 15) is 9.90 Å². The quantitative estimate of drug-likeness (QED) is 0.246. The van der Waals surface area contributed by atoms with Gasteiger partial charge in [0.15, 0.2) is 28.9 Å². The van der Waals surface area contributed by atoms with Crippen molar-refractivity contribution in [1.82, 2.24) is 9.97 Å². The average molecular weight is 552 g/mol. The number of pyridine rings is 2. The van der Waals surface area contributed by atoms with Crippen molar-refractivity contribution in [2.24, 2.45) is 0 Å². The zero-order chi connectivity index (χ0) is 28.2. The van der Waals surface area contributed by atoms with Crippen LogP contribution in [0.5, 0.6) is 28.7 Å². The van der Waals surface area contributed by atoms with E-state index in [1.54, 1.807) is 25.1 Å². The fraction of sp³-hybridized carbons (Fsp3) is 0.276. The lowest BCUT2D eigenvalue weighted by Gasteiger charge is -2.15. The third kappa shape index (κ3) is 6.20. The van der Waals surface area contributed by atoms with Gasteiger partial charge in [-0.2, -0.15) is 0 Å². The minimum atomic E-state index is -1.02. The molecule has 0 saturated heterocycles. The standard InChI is InChI=1S/C29H27F2N3O6/c1-16(35)7-10-38-27-14-23-19(13-26(27)37-2)24(6-9-33-23)40-28-21(30)11-17(12-22(28)31)34-29(36)20-15-32-8-5-25(20)39-18-3-4-18/h5-6,8-9,11-16,18,35H,3-4,7,10H2,1-2H3,(H,34,36). The van der Waals surface area contributed by atoms with Crippen LogP contribution in [0, 0.1) is 11.6 Å². The number of carbonyl (C=O) groups excluding carboxylic acids is 1. The molecular weight excluding hydrogens is 524 g/mol. The number of nitrogens with zero attached hydrogens (tertiary/aromatic N) is 2. The number of hydrogen-bond donors (Lipinski definition) is 2. The molecule has 0 radical (unpaired) electrons. The zero-order valence-corrected chi connectivity index (χ0v) is 21.8. The van der Waals surface area contributed by atoms with Gasteiger partial charge < -0.3 is 29.4 Å². The molecule has 0 spiro atoms. The topological polar surface area (TPSA) is 112 Å². The highest BCUT2D eigenvalue weighted by atomic mass is 19.1. The molecule has 208 valence electrons. The number of amides is 1. The maximum absolute atomic E-state index is 15.1. The van der Waals surface area contributed by atoms with Gasteiger partial charge in [0.2, 0.25) is 0 Å². The van der Waals surface area contributed by atoms with Crippen LogP contribution in [0.4, 0.5) is 14.5 Å². The van der Waals surface area contributed by atoms with Crippen molar-refractivity contribution in [1.29, 1.82) is 0 Å². The summed E-state index contributed by atoms with van der Waals surface area (Å²) in [5.41, 5.74) is 0.492. The van der Waals surface area contributed by atoms with Crippen molar-refractivity contribution in [3.05, 3.63) is 72.2 Å². The van der Waals surface area contributed by atoms with Gasteiger partial charge in [-0.1, -0.05) is 0 Å². The van der Waals surface area contributed by atoms with Crippen molar-refractivity contribution in [2.75, 3.05) is 19.0 Å². The monoisotopic (exact) mass is 551 g/mol. The summed E-state index contributed by atoms with van der Waals surface area (Å²) in [7, 11) is 1.46. The lowest BCUT2D eigenvalue weighted by molar-refractivity contribution is 0.102. The van der Waals surface area contributed by atoms with Gasteiger partial charge in [0, 0.05) is 54.3 Å². The molecule has 1 fully saturated rings. The molecule has 40 heavy (non-hydrogen) atoms. The molecule has 1 saturated carbocycles. The highest BCUT2D eigenvalue weighted by Gasteiger charge is 2.26. The Morgan fingerprint density at radius 3 is 2.52 bits per heavy atom. The predicted molar refractivity (Wildman–Crippen MR) is 142 cm³/mol. The molecule has 1 atom stereocenters. The summed E-state index contributed by atoms with van der Waals surface area (Å²) in [6.45, 7) is 1.91. The van der Waals surface area contributed by atoms with Crippen LogP contribution in [0.2, 0.25) is 0 Å². The first kappa shape index (κ1) is 27.1.